The van der Waals surface area contributed by atoms with Gasteiger partial charge < -0.3 is 0 Å². The minimum atomic E-state index is -3.62. The molecule has 7 heteroatoms. The van der Waals surface area contributed by atoms with Gasteiger partial charge in [0.2, 0.25) is 20.0 Å². The van der Waals surface area contributed by atoms with Gasteiger partial charge in [0.05, 0.1) is 12.5 Å². The second-order valence-electron chi connectivity index (χ2n) is 1.63. The molecule has 0 aromatic rings. The second-order valence-corrected chi connectivity index (χ2v) is 5.38. The van der Waals surface area contributed by atoms with E-state index in [9.17, 15) is 16.8 Å². The molecule has 0 heterocycles. The van der Waals surface area contributed by atoms with Crippen LogP contribution in [0.25, 0.3) is 0 Å². The molecule has 0 aliphatic heterocycles. The lowest BCUT2D eigenvalue weighted by Gasteiger charge is -1.94. The Labute approximate surface area is 54.2 Å². The van der Waals surface area contributed by atoms with Crippen molar-refractivity contribution in [3.8, 4) is 0 Å². The third-order valence-corrected chi connectivity index (χ3v) is 2.72. The quantitative estimate of drug-likeness (QED) is 0.551. The summed E-state index contributed by atoms with van der Waals surface area (Å²) < 4.78 is 42.0. The topological polar surface area (TPSA) is 80.3 Å². The Hall–Kier alpha value is -0.140. The van der Waals surface area contributed by atoms with Crippen molar-refractivity contribution in [3.63, 3.8) is 0 Å². The van der Waals surface area contributed by atoms with Crippen molar-refractivity contribution in [2.45, 2.75) is 0 Å². The van der Waals surface area contributed by atoms with Gasteiger partial charge in [-0.1, -0.05) is 0 Å². The molecular weight excluding hydrogens is 166 g/mol. The van der Waals surface area contributed by atoms with Gasteiger partial charge in [-0.15, -0.1) is 4.13 Å². The van der Waals surface area contributed by atoms with Crippen molar-refractivity contribution in [1.29, 1.82) is 0 Å². The maximum Gasteiger partial charge on any atom is 0.221 e. The van der Waals surface area contributed by atoms with Gasteiger partial charge in [-0.05, 0) is 0 Å². The SMILES string of the molecule is CS(=O)(=O)NS(C)(=O)=O. The fourth-order valence-electron chi connectivity index (χ4n) is 0.275. The predicted octanol–water partition coefficient (Wildman–Crippen LogP) is -1.50. The highest BCUT2D eigenvalue weighted by atomic mass is 32.3. The van der Waals surface area contributed by atoms with Gasteiger partial charge in [-0.2, -0.15) is 0 Å². The smallest absolute Gasteiger partial charge is 0.212 e. The van der Waals surface area contributed by atoms with Crippen LogP contribution in [-0.2, 0) is 20.0 Å². The first-order valence-electron chi connectivity index (χ1n) is 1.89. The number of hydrogen-bond donors (Lipinski definition) is 1. The maximum atomic E-state index is 10.2. The van der Waals surface area contributed by atoms with E-state index in [4.69, 9.17) is 0 Å². The minimum Gasteiger partial charge on any atom is -0.212 e. The van der Waals surface area contributed by atoms with Gasteiger partial charge in [0.1, 0.15) is 0 Å². The summed E-state index contributed by atoms with van der Waals surface area (Å²) >= 11 is 0. The molecule has 0 aliphatic carbocycles. The van der Waals surface area contributed by atoms with Crippen molar-refractivity contribution in [2.75, 3.05) is 12.5 Å². The van der Waals surface area contributed by atoms with Crippen LogP contribution in [0, 0.1) is 0 Å². The first kappa shape index (κ1) is 8.86. The highest BCUT2D eigenvalue weighted by Gasteiger charge is 2.08. The first-order chi connectivity index (χ1) is 3.71. The van der Waals surface area contributed by atoms with Gasteiger partial charge in [0.15, 0.2) is 0 Å². The zero-order valence-corrected chi connectivity index (χ0v) is 6.58. The molecule has 0 saturated carbocycles. The van der Waals surface area contributed by atoms with Crippen molar-refractivity contribution in [2.24, 2.45) is 0 Å². The molecular formula is C2H7NO4S2. The molecule has 0 unspecified atom stereocenters. The Kier molecular flexibility index (Phi) is 2.20. The van der Waals surface area contributed by atoms with E-state index >= 15 is 0 Å². The van der Waals surface area contributed by atoms with Gasteiger partial charge in [0, 0.05) is 0 Å². The summed E-state index contributed by atoms with van der Waals surface area (Å²) in [5.74, 6) is 0. The molecule has 1 N–H and O–H groups in total. The van der Waals surface area contributed by atoms with E-state index in [0.29, 0.717) is 0 Å². The van der Waals surface area contributed by atoms with E-state index in [-0.39, 0.29) is 0 Å². The van der Waals surface area contributed by atoms with Gasteiger partial charge in [0.25, 0.3) is 0 Å². The van der Waals surface area contributed by atoms with Crippen LogP contribution in [0.4, 0.5) is 0 Å². The molecule has 0 amide bonds. The summed E-state index contributed by atoms with van der Waals surface area (Å²) in [7, 11) is -7.24. The lowest BCUT2D eigenvalue weighted by Crippen LogP contribution is -2.27. The van der Waals surface area contributed by atoms with Gasteiger partial charge in [-0.25, -0.2) is 16.8 Å². The van der Waals surface area contributed by atoms with Crippen LogP contribution in [0.5, 0.6) is 0 Å². The lowest BCUT2D eigenvalue weighted by molar-refractivity contribution is 0.584. The summed E-state index contributed by atoms with van der Waals surface area (Å²) in [6, 6.07) is 0. The molecule has 0 radical (unpaired) electrons. The Balaban J connectivity index is 4.46. The van der Waals surface area contributed by atoms with Crippen LogP contribution >= 0.6 is 0 Å². The summed E-state index contributed by atoms with van der Waals surface area (Å²) in [4.78, 5) is 0. The molecule has 56 valence electrons. The monoisotopic (exact) mass is 173 g/mol. The van der Waals surface area contributed by atoms with E-state index in [1.54, 1.807) is 0 Å². The van der Waals surface area contributed by atoms with E-state index in [1.165, 1.54) is 4.13 Å². The third-order valence-electron chi connectivity index (χ3n) is 0.303. The molecule has 9 heavy (non-hydrogen) atoms. The van der Waals surface area contributed by atoms with E-state index in [0.717, 1.165) is 12.5 Å². The van der Waals surface area contributed by atoms with Crippen molar-refractivity contribution in [1.82, 2.24) is 4.13 Å². The number of hydrogen-bond acceptors (Lipinski definition) is 4. The van der Waals surface area contributed by atoms with E-state index in [2.05, 4.69) is 0 Å². The fourth-order valence-corrected chi connectivity index (χ4v) is 2.47. The number of sulfonamides is 2. The molecule has 0 aliphatic rings. The minimum absolute atomic E-state index is 0.772. The Morgan fingerprint density at radius 2 is 1.11 bits per heavy atom. The molecule has 0 rings (SSSR count). The van der Waals surface area contributed by atoms with Gasteiger partial charge in [-0.3, -0.25) is 0 Å². The normalized spacial score (nSPS) is 13.6. The zero-order chi connectivity index (χ0) is 7.71. The van der Waals surface area contributed by atoms with Crippen LogP contribution in [0.2, 0.25) is 0 Å². The van der Waals surface area contributed by atoms with E-state index in [1.807, 2.05) is 0 Å². The number of nitrogens with one attached hydrogen (secondary N) is 1. The summed E-state index contributed by atoms with van der Waals surface area (Å²) in [6.45, 7) is 0. The second kappa shape index (κ2) is 2.24. The van der Waals surface area contributed by atoms with Crippen molar-refractivity contribution < 1.29 is 16.8 Å². The lowest BCUT2D eigenvalue weighted by atomic mass is 12.0. The van der Waals surface area contributed by atoms with Crippen LogP contribution in [0.15, 0.2) is 0 Å². The number of rotatable bonds is 2. The Morgan fingerprint density at radius 3 is 1.11 bits per heavy atom. The molecule has 0 fully saturated rings. The van der Waals surface area contributed by atoms with Gasteiger partial charge >= 0.3 is 0 Å². The Bertz CT molecular complexity index is 242. The maximum absolute atomic E-state index is 10.2. The highest BCUT2D eigenvalue weighted by molar-refractivity contribution is 8.04. The van der Waals surface area contributed by atoms with E-state index < -0.39 is 20.0 Å². The highest BCUT2D eigenvalue weighted by Crippen LogP contribution is 1.78. The van der Waals surface area contributed by atoms with Crippen LogP contribution in [0.1, 0.15) is 0 Å². The average Bonchev–Trinajstić information content (AvgIpc) is 1.14. The molecule has 0 atom stereocenters. The molecule has 0 spiro atoms. The standard InChI is InChI=1S/C2H7NO4S2/c1-8(4,5)3-9(2,6)7/h3H,1-2H3. The molecule has 0 bridgehead atoms. The fraction of sp³-hybridized carbons (Fsp3) is 1.00. The third kappa shape index (κ3) is 7.86. The van der Waals surface area contributed by atoms with Crippen molar-refractivity contribution >= 4 is 20.0 Å². The largest absolute Gasteiger partial charge is 0.221 e. The Morgan fingerprint density at radius 1 is 0.889 bits per heavy atom. The summed E-state index contributed by atoms with van der Waals surface area (Å²) in [6.07, 6.45) is 1.54. The van der Waals surface area contributed by atoms with Crippen LogP contribution in [-0.4, -0.2) is 29.3 Å². The summed E-state index contributed by atoms with van der Waals surface area (Å²) in [5.41, 5.74) is 0. The molecule has 5 nitrogen and oxygen atoms in total. The predicted molar refractivity (Wildman–Crippen MR) is 32.8 cm³/mol. The average molecular weight is 173 g/mol. The first-order valence-corrected chi connectivity index (χ1v) is 5.67. The summed E-state index contributed by atoms with van der Waals surface area (Å²) in [5, 5.41) is 0. The van der Waals surface area contributed by atoms with Crippen LogP contribution < -0.4 is 4.13 Å². The van der Waals surface area contributed by atoms with Crippen molar-refractivity contribution in [3.05, 3.63) is 0 Å². The molecule has 0 saturated heterocycles. The molecule has 0 aromatic carbocycles. The zero-order valence-electron chi connectivity index (χ0n) is 4.95. The molecule has 0 aromatic heterocycles. The van der Waals surface area contributed by atoms with Crippen LogP contribution in [0.3, 0.4) is 0 Å².